The van der Waals surface area contributed by atoms with Crippen LogP contribution >= 0.6 is 39.3 Å². The number of hydrogen-bond donors (Lipinski definition) is 1. The number of ether oxygens (including phenoxy) is 1. The van der Waals surface area contributed by atoms with Gasteiger partial charge >= 0.3 is 0 Å². The lowest BCUT2D eigenvalue weighted by Gasteiger charge is -2.05. The van der Waals surface area contributed by atoms with Crippen molar-refractivity contribution in [3.63, 3.8) is 0 Å². The molecular formula is C17H12BrClN2O2S. The van der Waals surface area contributed by atoms with Crippen LogP contribution in [0.1, 0.15) is 5.56 Å². The summed E-state index contributed by atoms with van der Waals surface area (Å²) in [6.07, 6.45) is 1.78. The first kappa shape index (κ1) is 17.1. The average molecular weight is 424 g/mol. The van der Waals surface area contributed by atoms with Gasteiger partial charge in [-0.2, -0.15) is 0 Å². The zero-order valence-electron chi connectivity index (χ0n) is 12.5. The molecule has 0 aliphatic carbocycles. The van der Waals surface area contributed by atoms with Crippen molar-refractivity contribution < 1.29 is 9.53 Å². The van der Waals surface area contributed by atoms with Gasteiger partial charge in [0.1, 0.15) is 5.75 Å². The minimum absolute atomic E-state index is 0.192. The largest absolute Gasteiger partial charge is 0.496 e. The van der Waals surface area contributed by atoms with Gasteiger partial charge in [-0.3, -0.25) is 4.79 Å². The zero-order chi connectivity index (χ0) is 17.1. The third-order valence-corrected chi connectivity index (χ3v) is 4.81. The number of rotatable bonds is 3. The molecule has 2 aromatic carbocycles. The zero-order valence-corrected chi connectivity index (χ0v) is 15.7. The molecule has 1 N–H and O–H groups in total. The lowest BCUT2D eigenvalue weighted by atomic mass is 10.2. The summed E-state index contributed by atoms with van der Waals surface area (Å²) in [6, 6.07) is 12.8. The van der Waals surface area contributed by atoms with E-state index < -0.39 is 0 Å². The van der Waals surface area contributed by atoms with Gasteiger partial charge in [-0.15, -0.1) is 0 Å². The minimum atomic E-state index is -0.192. The van der Waals surface area contributed by atoms with Gasteiger partial charge in [-0.25, -0.2) is 4.99 Å². The Morgan fingerprint density at radius 1 is 1.29 bits per heavy atom. The second-order valence-corrected chi connectivity index (χ2v) is 7.23. The summed E-state index contributed by atoms with van der Waals surface area (Å²) in [5.41, 5.74) is 1.50. The van der Waals surface area contributed by atoms with Gasteiger partial charge in [0, 0.05) is 15.1 Å². The van der Waals surface area contributed by atoms with Crippen molar-refractivity contribution in [3.8, 4) is 5.75 Å². The maximum Gasteiger partial charge on any atom is 0.264 e. The molecule has 0 radical (unpaired) electrons. The SMILES string of the molecule is COc1ccc(Br)cc1/C=C1/SC(=Nc2cccc(Cl)c2)NC1=O. The minimum Gasteiger partial charge on any atom is -0.496 e. The highest BCUT2D eigenvalue weighted by Gasteiger charge is 2.24. The Labute approximate surface area is 157 Å². The van der Waals surface area contributed by atoms with Crippen molar-refractivity contribution in [2.24, 2.45) is 4.99 Å². The molecule has 122 valence electrons. The molecule has 1 heterocycles. The van der Waals surface area contributed by atoms with Gasteiger partial charge in [0.2, 0.25) is 0 Å². The van der Waals surface area contributed by atoms with Crippen LogP contribution < -0.4 is 10.1 Å². The molecule has 24 heavy (non-hydrogen) atoms. The van der Waals surface area contributed by atoms with Crippen LogP contribution in [-0.2, 0) is 4.79 Å². The molecule has 1 amide bonds. The number of nitrogens with one attached hydrogen (secondary N) is 1. The Kier molecular flexibility index (Phi) is 5.28. The second-order valence-electron chi connectivity index (χ2n) is 4.85. The van der Waals surface area contributed by atoms with Crippen molar-refractivity contribution >= 4 is 62.1 Å². The molecule has 0 atom stereocenters. The van der Waals surface area contributed by atoms with Crippen LogP contribution in [-0.4, -0.2) is 18.2 Å². The highest BCUT2D eigenvalue weighted by atomic mass is 79.9. The Hall–Kier alpha value is -1.76. The fraction of sp³-hybridized carbons (Fsp3) is 0.0588. The van der Waals surface area contributed by atoms with Crippen molar-refractivity contribution in [1.29, 1.82) is 0 Å². The third-order valence-electron chi connectivity index (χ3n) is 3.17. The molecule has 7 heteroatoms. The van der Waals surface area contributed by atoms with Crippen molar-refractivity contribution in [2.75, 3.05) is 7.11 Å². The molecule has 1 saturated heterocycles. The quantitative estimate of drug-likeness (QED) is 0.707. The number of methoxy groups -OCH3 is 1. The van der Waals surface area contributed by atoms with Gasteiger partial charge in [0.25, 0.3) is 5.91 Å². The number of amidine groups is 1. The van der Waals surface area contributed by atoms with Crippen LogP contribution in [0.25, 0.3) is 6.08 Å². The summed E-state index contributed by atoms with van der Waals surface area (Å²) in [6.45, 7) is 0. The highest BCUT2D eigenvalue weighted by Crippen LogP contribution is 2.32. The number of nitrogens with zero attached hydrogens (tertiary/aromatic N) is 1. The molecule has 2 aromatic rings. The van der Waals surface area contributed by atoms with Crippen LogP contribution in [0.5, 0.6) is 5.75 Å². The Morgan fingerprint density at radius 3 is 2.88 bits per heavy atom. The second kappa shape index (κ2) is 7.42. The Morgan fingerprint density at radius 2 is 2.12 bits per heavy atom. The molecule has 4 nitrogen and oxygen atoms in total. The highest BCUT2D eigenvalue weighted by molar-refractivity contribution is 9.10. The van der Waals surface area contributed by atoms with E-state index in [1.54, 1.807) is 25.3 Å². The van der Waals surface area contributed by atoms with Gasteiger partial charge in [0.15, 0.2) is 5.17 Å². The first-order valence-corrected chi connectivity index (χ1v) is 8.92. The fourth-order valence-electron chi connectivity index (χ4n) is 2.10. The van der Waals surface area contributed by atoms with Crippen LogP contribution in [0, 0.1) is 0 Å². The first-order valence-electron chi connectivity index (χ1n) is 6.94. The van der Waals surface area contributed by atoms with Crippen LogP contribution in [0.15, 0.2) is 56.8 Å². The first-order chi connectivity index (χ1) is 11.5. The lowest BCUT2D eigenvalue weighted by Crippen LogP contribution is -2.19. The van der Waals surface area contributed by atoms with Crippen molar-refractivity contribution in [3.05, 3.63) is 62.4 Å². The molecule has 0 bridgehead atoms. The number of carbonyl (C=O) groups excluding carboxylic acids is 1. The summed E-state index contributed by atoms with van der Waals surface area (Å²) in [7, 11) is 1.60. The number of aliphatic imine (C=N–C) groups is 1. The van der Waals surface area contributed by atoms with Gasteiger partial charge in [-0.05, 0) is 54.2 Å². The smallest absolute Gasteiger partial charge is 0.264 e. The molecule has 0 aromatic heterocycles. The number of thioether (sulfide) groups is 1. The van der Waals surface area contributed by atoms with E-state index in [0.29, 0.717) is 26.5 Å². The van der Waals surface area contributed by atoms with E-state index in [0.717, 1.165) is 10.0 Å². The van der Waals surface area contributed by atoms with E-state index in [1.807, 2.05) is 30.3 Å². The number of amides is 1. The van der Waals surface area contributed by atoms with Crippen molar-refractivity contribution in [1.82, 2.24) is 5.32 Å². The lowest BCUT2D eigenvalue weighted by molar-refractivity contribution is -0.115. The average Bonchev–Trinajstić information content (AvgIpc) is 2.87. The van der Waals surface area contributed by atoms with E-state index in [1.165, 1.54) is 11.8 Å². The summed E-state index contributed by atoms with van der Waals surface area (Å²) in [4.78, 5) is 17.1. The maximum atomic E-state index is 12.2. The number of hydrogen-bond acceptors (Lipinski definition) is 4. The van der Waals surface area contributed by atoms with Crippen LogP contribution in [0.3, 0.4) is 0 Å². The molecule has 0 saturated carbocycles. The fourth-order valence-corrected chi connectivity index (χ4v) is 3.50. The van der Waals surface area contributed by atoms with Crippen molar-refractivity contribution in [2.45, 2.75) is 0 Å². The maximum absolute atomic E-state index is 12.2. The summed E-state index contributed by atoms with van der Waals surface area (Å²) < 4.78 is 6.24. The van der Waals surface area contributed by atoms with Crippen LogP contribution in [0.4, 0.5) is 5.69 Å². The number of halogens is 2. The van der Waals surface area contributed by atoms with Crippen LogP contribution in [0.2, 0.25) is 5.02 Å². The third kappa shape index (κ3) is 4.01. The van der Waals surface area contributed by atoms with E-state index >= 15 is 0 Å². The summed E-state index contributed by atoms with van der Waals surface area (Å²) in [5.74, 6) is 0.502. The number of carbonyl (C=O) groups is 1. The molecule has 0 spiro atoms. The standard InChI is InChI=1S/C17H12BrClN2O2S/c1-23-14-6-5-11(18)7-10(14)8-15-16(22)21-17(24-15)20-13-4-2-3-12(19)9-13/h2-9H,1H3,(H,20,21,22)/b15-8+. The number of benzene rings is 2. The van der Waals surface area contributed by atoms with Gasteiger partial charge in [-0.1, -0.05) is 33.6 Å². The monoisotopic (exact) mass is 422 g/mol. The normalized spacial score (nSPS) is 17.4. The van der Waals surface area contributed by atoms with E-state index in [9.17, 15) is 4.79 Å². The molecule has 1 aliphatic heterocycles. The molecule has 1 aliphatic rings. The summed E-state index contributed by atoms with van der Waals surface area (Å²) in [5, 5.41) is 3.87. The predicted octanol–water partition coefficient (Wildman–Crippen LogP) is 5.00. The van der Waals surface area contributed by atoms with Gasteiger partial charge in [0.05, 0.1) is 17.7 Å². The molecule has 3 rings (SSSR count). The van der Waals surface area contributed by atoms with E-state index in [2.05, 4.69) is 26.2 Å². The molecule has 1 fully saturated rings. The topological polar surface area (TPSA) is 50.7 Å². The Bertz CT molecular complexity index is 867. The summed E-state index contributed by atoms with van der Waals surface area (Å²) >= 11 is 10.7. The van der Waals surface area contributed by atoms with E-state index in [-0.39, 0.29) is 5.91 Å². The van der Waals surface area contributed by atoms with E-state index in [4.69, 9.17) is 16.3 Å². The molecule has 0 unspecified atom stereocenters. The van der Waals surface area contributed by atoms with Gasteiger partial charge < -0.3 is 10.1 Å². The predicted molar refractivity (Wildman–Crippen MR) is 103 cm³/mol. The Balaban J connectivity index is 1.89. The molecular weight excluding hydrogens is 412 g/mol.